The molecule has 0 spiro atoms. The lowest BCUT2D eigenvalue weighted by atomic mass is 10.1. The zero-order valence-corrected chi connectivity index (χ0v) is 15.4. The molecule has 148 valence electrons. The lowest BCUT2D eigenvalue weighted by Gasteiger charge is -2.09. The number of benzene rings is 3. The lowest BCUT2D eigenvalue weighted by Crippen LogP contribution is -2.23. The van der Waals surface area contributed by atoms with Crippen molar-refractivity contribution in [1.29, 1.82) is 0 Å². The van der Waals surface area contributed by atoms with E-state index in [1.807, 2.05) is 31.2 Å². The summed E-state index contributed by atoms with van der Waals surface area (Å²) in [7, 11) is 0. The summed E-state index contributed by atoms with van der Waals surface area (Å²) in [5.74, 6) is -5.53. The highest BCUT2D eigenvalue weighted by Crippen LogP contribution is 2.20. The highest BCUT2D eigenvalue weighted by molar-refractivity contribution is 6.05. The van der Waals surface area contributed by atoms with E-state index in [2.05, 4.69) is 10.6 Å². The molecule has 3 aromatic carbocycles. The van der Waals surface area contributed by atoms with Crippen LogP contribution in [0.1, 0.15) is 31.8 Å². The van der Waals surface area contributed by atoms with Gasteiger partial charge in [-0.3, -0.25) is 9.59 Å². The summed E-state index contributed by atoms with van der Waals surface area (Å²) in [6.45, 7) is 2.32. The summed E-state index contributed by atoms with van der Waals surface area (Å²) in [6, 6.07) is 15.0. The molecule has 2 N–H and O–H groups in total. The molecule has 0 atom stereocenters. The molecule has 0 heterocycles. The number of hydrogen-bond acceptors (Lipinski definition) is 2. The monoisotopic (exact) mass is 398 g/mol. The Bertz CT molecular complexity index is 1070. The van der Waals surface area contributed by atoms with Gasteiger partial charge < -0.3 is 10.6 Å². The van der Waals surface area contributed by atoms with Crippen LogP contribution in [-0.2, 0) is 6.54 Å². The number of rotatable bonds is 5. The molecule has 0 bridgehead atoms. The largest absolute Gasteiger partial charge is 0.348 e. The lowest BCUT2D eigenvalue weighted by molar-refractivity contribution is 0.0949. The first-order valence-electron chi connectivity index (χ1n) is 8.74. The van der Waals surface area contributed by atoms with Gasteiger partial charge in [-0.15, -0.1) is 0 Å². The third-order valence-electron chi connectivity index (χ3n) is 4.23. The van der Waals surface area contributed by atoms with Gasteiger partial charge in [-0.25, -0.2) is 13.2 Å². The maximum atomic E-state index is 13.7. The number of aryl methyl sites for hydroxylation is 1. The van der Waals surface area contributed by atoms with E-state index in [0.717, 1.165) is 23.3 Å². The predicted molar refractivity (Wildman–Crippen MR) is 103 cm³/mol. The van der Waals surface area contributed by atoms with Gasteiger partial charge in [0, 0.05) is 17.7 Å². The van der Waals surface area contributed by atoms with Gasteiger partial charge in [0.1, 0.15) is 0 Å². The molecule has 0 aromatic heterocycles. The Morgan fingerprint density at radius 2 is 1.48 bits per heavy atom. The van der Waals surface area contributed by atoms with Crippen LogP contribution in [-0.4, -0.2) is 11.8 Å². The average molecular weight is 398 g/mol. The smallest absolute Gasteiger partial charge is 0.255 e. The van der Waals surface area contributed by atoms with Crippen molar-refractivity contribution in [3.8, 4) is 0 Å². The van der Waals surface area contributed by atoms with Crippen molar-refractivity contribution in [2.45, 2.75) is 13.5 Å². The first-order valence-corrected chi connectivity index (χ1v) is 8.74. The van der Waals surface area contributed by atoms with Crippen LogP contribution in [0.2, 0.25) is 0 Å². The molecule has 0 unspecified atom stereocenters. The summed E-state index contributed by atoms with van der Waals surface area (Å²) in [5.41, 5.74) is 2.04. The predicted octanol–water partition coefficient (Wildman–Crippen LogP) is 4.59. The number of carbonyl (C=O) groups is 2. The second-order valence-electron chi connectivity index (χ2n) is 6.43. The summed E-state index contributed by atoms with van der Waals surface area (Å²) in [4.78, 5) is 24.4. The van der Waals surface area contributed by atoms with Gasteiger partial charge in [0.15, 0.2) is 17.5 Å². The van der Waals surface area contributed by atoms with Gasteiger partial charge in [0.2, 0.25) is 0 Å². The number of hydrogen-bond donors (Lipinski definition) is 2. The van der Waals surface area contributed by atoms with E-state index in [1.165, 1.54) is 24.3 Å². The zero-order valence-electron chi connectivity index (χ0n) is 15.4. The Kier molecular flexibility index (Phi) is 5.97. The number of amides is 2. The molecule has 3 aromatic rings. The Morgan fingerprint density at radius 3 is 2.14 bits per heavy atom. The third-order valence-corrected chi connectivity index (χ3v) is 4.23. The quantitative estimate of drug-likeness (QED) is 0.618. The van der Waals surface area contributed by atoms with Gasteiger partial charge >= 0.3 is 0 Å². The molecule has 0 radical (unpaired) electrons. The van der Waals surface area contributed by atoms with Gasteiger partial charge in [-0.1, -0.05) is 29.8 Å². The van der Waals surface area contributed by atoms with E-state index in [1.54, 1.807) is 0 Å². The van der Waals surface area contributed by atoms with Crippen molar-refractivity contribution in [3.05, 3.63) is 100 Å². The molecular weight excluding hydrogens is 381 g/mol. The molecule has 2 amide bonds. The van der Waals surface area contributed by atoms with Crippen LogP contribution >= 0.6 is 0 Å². The molecule has 3 rings (SSSR count). The van der Waals surface area contributed by atoms with Crippen LogP contribution in [0.4, 0.5) is 18.9 Å². The second kappa shape index (κ2) is 8.60. The molecule has 4 nitrogen and oxygen atoms in total. The third kappa shape index (κ3) is 4.82. The molecule has 0 saturated heterocycles. The molecule has 0 aliphatic carbocycles. The Morgan fingerprint density at radius 1 is 0.828 bits per heavy atom. The zero-order chi connectivity index (χ0) is 21.0. The number of carbonyl (C=O) groups excluding carboxylic acids is 2. The summed E-state index contributed by atoms with van der Waals surface area (Å²) >= 11 is 0. The van der Waals surface area contributed by atoms with Crippen molar-refractivity contribution < 1.29 is 22.8 Å². The highest BCUT2D eigenvalue weighted by atomic mass is 19.2. The first-order chi connectivity index (χ1) is 13.8. The minimum atomic E-state index is -1.66. The fraction of sp³-hybridized carbons (Fsp3) is 0.0909. The van der Waals surface area contributed by atoms with Gasteiger partial charge in [-0.05, 0) is 48.9 Å². The van der Waals surface area contributed by atoms with Crippen molar-refractivity contribution in [1.82, 2.24) is 5.32 Å². The Balaban J connectivity index is 1.64. The van der Waals surface area contributed by atoms with Crippen LogP contribution in [0.5, 0.6) is 0 Å². The van der Waals surface area contributed by atoms with Crippen LogP contribution in [0.3, 0.4) is 0 Å². The maximum Gasteiger partial charge on any atom is 0.255 e. The summed E-state index contributed by atoms with van der Waals surface area (Å²) in [6.07, 6.45) is 0. The van der Waals surface area contributed by atoms with Crippen molar-refractivity contribution in [2.24, 2.45) is 0 Å². The molecule has 0 fully saturated rings. The topological polar surface area (TPSA) is 58.2 Å². The fourth-order valence-corrected chi connectivity index (χ4v) is 2.70. The van der Waals surface area contributed by atoms with Gasteiger partial charge in [0.25, 0.3) is 11.8 Å². The Labute approximate surface area is 165 Å². The van der Waals surface area contributed by atoms with Crippen LogP contribution in [0.15, 0.2) is 60.7 Å². The van der Waals surface area contributed by atoms with E-state index in [0.29, 0.717) is 12.1 Å². The first kappa shape index (κ1) is 20.1. The standard InChI is InChI=1S/C22H17F3N2O2/c1-13-3-2-4-14(11-13)12-26-21(28)15-5-7-16(8-6-15)22(29)27-18-10-9-17(23)19(24)20(18)25/h2-11H,12H2,1H3,(H,26,28)(H,27,29). The van der Waals surface area contributed by atoms with E-state index in [9.17, 15) is 22.8 Å². The highest BCUT2D eigenvalue weighted by Gasteiger charge is 2.16. The molecular formula is C22H17F3N2O2. The van der Waals surface area contributed by atoms with E-state index in [4.69, 9.17) is 0 Å². The van der Waals surface area contributed by atoms with Crippen LogP contribution in [0.25, 0.3) is 0 Å². The van der Waals surface area contributed by atoms with Gasteiger partial charge in [0.05, 0.1) is 5.69 Å². The average Bonchev–Trinajstić information content (AvgIpc) is 2.72. The van der Waals surface area contributed by atoms with Crippen LogP contribution < -0.4 is 10.6 Å². The van der Waals surface area contributed by atoms with E-state index in [-0.39, 0.29) is 11.5 Å². The minimum absolute atomic E-state index is 0.129. The normalized spacial score (nSPS) is 10.5. The molecule has 0 saturated carbocycles. The summed E-state index contributed by atoms with van der Waals surface area (Å²) in [5, 5.41) is 4.96. The van der Waals surface area contributed by atoms with Gasteiger partial charge in [-0.2, -0.15) is 0 Å². The fourth-order valence-electron chi connectivity index (χ4n) is 2.70. The van der Waals surface area contributed by atoms with Crippen molar-refractivity contribution >= 4 is 17.5 Å². The van der Waals surface area contributed by atoms with Crippen LogP contribution in [0, 0.1) is 24.4 Å². The molecule has 0 aliphatic heterocycles. The number of nitrogens with one attached hydrogen (secondary N) is 2. The molecule has 7 heteroatoms. The Hall–Kier alpha value is -3.61. The SMILES string of the molecule is Cc1cccc(CNC(=O)c2ccc(C(=O)Nc3ccc(F)c(F)c3F)cc2)c1. The maximum absolute atomic E-state index is 13.7. The van der Waals surface area contributed by atoms with Crippen molar-refractivity contribution in [3.63, 3.8) is 0 Å². The molecule has 0 aliphatic rings. The second-order valence-corrected chi connectivity index (χ2v) is 6.43. The van der Waals surface area contributed by atoms with Crippen molar-refractivity contribution in [2.75, 3.05) is 5.32 Å². The summed E-state index contributed by atoms with van der Waals surface area (Å²) < 4.78 is 39.9. The number of halogens is 3. The minimum Gasteiger partial charge on any atom is -0.348 e. The number of anilines is 1. The van der Waals surface area contributed by atoms with E-state index < -0.39 is 29.0 Å². The van der Waals surface area contributed by atoms with E-state index >= 15 is 0 Å². The molecule has 29 heavy (non-hydrogen) atoms.